The molecule has 0 bridgehead atoms. The molecular weight excluding hydrogens is 264 g/mol. The lowest BCUT2D eigenvalue weighted by molar-refractivity contribution is -0.141. The van der Waals surface area contributed by atoms with E-state index in [2.05, 4.69) is 6.07 Å². The van der Waals surface area contributed by atoms with Crippen LogP contribution in [0, 0.1) is 29.1 Å². The monoisotopic (exact) mass is 282 g/mol. The predicted octanol–water partition coefficient (Wildman–Crippen LogP) is 2.19. The van der Waals surface area contributed by atoms with Gasteiger partial charge in [0, 0.05) is 5.92 Å². The molecule has 1 aliphatic heterocycles. The average Bonchev–Trinajstić information content (AvgIpc) is 3.34. The van der Waals surface area contributed by atoms with E-state index in [1.807, 2.05) is 17.0 Å². The third-order valence-electron chi connectivity index (χ3n) is 4.83. The van der Waals surface area contributed by atoms with Gasteiger partial charge in [-0.25, -0.2) is 0 Å². The van der Waals surface area contributed by atoms with Crippen molar-refractivity contribution >= 4 is 5.91 Å². The molecule has 4 heteroatoms. The van der Waals surface area contributed by atoms with Crippen molar-refractivity contribution in [2.45, 2.75) is 25.4 Å². The Balaban J connectivity index is 1.25. The summed E-state index contributed by atoms with van der Waals surface area (Å²) in [7, 11) is 0. The topological polar surface area (TPSA) is 53.3 Å². The molecule has 0 unspecified atom stereocenters. The number of rotatable bonds is 4. The van der Waals surface area contributed by atoms with Gasteiger partial charge in [0.15, 0.2) is 0 Å². The Morgan fingerprint density at radius 2 is 1.95 bits per heavy atom. The minimum absolute atomic E-state index is 0.0972. The van der Waals surface area contributed by atoms with Crippen LogP contribution < -0.4 is 4.74 Å². The van der Waals surface area contributed by atoms with Crippen molar-refractivity contribution < 1.29 is 9.53 Å². The van der Waals surface area contributed by atoms with Crippen molar-refractivity contribution in [1.29, 1.82) is 5.26 Å². The zero-order chi connectivity index (χ0) is 14.4. The first-order valence-electron chi connectivity index (χ1n) is 7.70. The fourth-order valence-corrected chi connectivity index (χ4v) is 3.27. The number of nitriles is 1. The number of ether oxygens (including phenoxy) is 1. The first-order valence-corrected chi connectivity index (χ1v) is 7.70. The maximum atomic E-state index is 12.2. The summed E-state index contributed by atoms with van der Waals surface area (Å²) in [6.07, 6.45) is 3.87. The molecule has 1 aromatic rings. The van der Waals surface area contributed by atoms with E-state index in [1.54, 1.807) is 12.1 Å². The van der Waals surface area contributed by atoms with Gasteiger partial charge in [0.25, 0.3) is 0 Å². The summed E-state index contributed by atoms with van der Waals surface area (Å²) < 4.78 is 5.81. The van der Waals surface area contributed by atoms with E-state index in [0.717, 1.165) is 18.1 Å². The van der Waals surface area contributed by atoms with E-state index in [1.165, 1.54) is 12.8 Å². The molecule has 0 spiro atoms. The molecule has 4 rings (SSSR count). The Hall–Kier alpha value is -2.02. The Morgan fingerprint density at radius 1 is 1.24 bits per heavy atom. The van der Waals surface area contributed by atoms with E-state index >= 15 is 0 Å². The normalized spacial score (nSPS) is 27.7. The van der Waals surface area contributed by atoms with Crippen molar-refractivity contribution in [2.75, 3.05) is 13.1 Å². The van der Waals surface area contributed by atoms with Crippen molar-refractivity contribution in [3.05, 3.63) is 29.8 Å². The summed E-state index contributed by atoms with van der Waals surface area (Å²) in [6, 6.07) is 9.21. The highest BCUT2D eigenvalue weighted by Gasteiger charge is 2.53. The van der Waals surface area contributed by atoms with Crippen LogP contribution in [0.15, 0.2) is 24.3 Å². The molecule has 2 aliphatic carbocycles. The highest BCUT2D eigenvalue weighted by molar-refractivity contribution is 5.82. The van der Waals surface area contributed by atoms with Gasteiger partial charge < -0.3 is 9.64 Å². The average molecular weight is 282 g/mol. The van der Waals surface area contributed by atoms with Gasteiger partial charge in [0.2, 0.25) is 5.91 Å². The Morgan fingerprint density at radius 3 is 2.57 bits per heavy atom. The largest absolute Gasteiger partial charge is 0.487 e. The van der Waals surface area contributed by atoms with Crippen molar-refractivity contribution in [1.82, 2.24) is 4.90 Å². The number of carbonyl (C=O) groups is 1. The second-order valence-corrected chi connectivity index (χ2v) is 6.46. The smallest absolute Gasteiger partial charge is 0.226 e. The number of hydrogen-bond donors (Lipinski definition) is 0. The molecule has 2 saturated carbocycles. The van der Waals surface area contributed by atoms with Crippen LogP contribution in [0.2, 0.25) is 0 Å². The minimum Gasteiger partial charge on any atom is -0.487 e. The van der Waals surface area contributed by atoms with E-state index in [4.69, 9.17) is 10.00 Å². The number of nitrogens with zero attached hydrogens (tertiary/aromatic N) is 2. The van der Waals surface area contributed by atoms with Crippen LogP contribution in [0.3, 0.4) is 0 Å². The van der Waals surface area contributed by atoms with Crippen LogP contribution in [-0.4, -0.2) is 30.0 Å². The van der Waals surface area contributed by atoms with Gasteiger partial charge in [-0.05, 0) is 55.4 Å². The molecule has 0 radical (unpaired) electrons. The van der Waals surface area contributed by atoms with E-state index in [9.17, 15) is 4.79 Å². The van der Waals surface area contributed by atoms with Gasteiger partial charge in [-0.15, -0.1) is 0 Å². The van der Waals surface area contributed by atoms with Gasteiger partial charge in [-0.3, -0.25) is 4.79 Å². The van der Waals surface area contributed by atoms with Crippen molar-refractivity contribution in [3.8, 4) is 11.8 Å². The molecule has 21 heavy (non-hydrogen) atoms. The number of hydrogen-bond acceptors (Lipinski definition) is 3. The predicted molar refractivity (Wildman–Crippen MR) is 76.5 cm³/mol. The maximum Gasteiger partial charge on any atom is 0.226 e. The lowest BCUT2D eigenvalue weighted by Gasteiger charge is -2.39. The standard InChI is InChI=1S/C17H18N2O2/c18-8-11-1-5-13(6-2-11)21-14-9-19(10-14)17(20)16-7-15(16)12-3-4-12/h1-2,5-6,12,14-16H,3-4,7,9-10H2/t15-,16+/m0/s1. The first-order chi connectivity index (χ1) is 10.2. The lowest BCUT2D eigenvalue weighted by atomic mass is 10.1. The third kappa shape index (κ3) is 2.49. The SMILES string of the molecule is N#Cc1ccc(OC2CN(C(=O)[C@@H]3C[C@H]3C3CC3)C2)cc1. The van der Waals surface area contributed by atoms with E-state index < -0.39 is 0 Å². The molecule has 3 aliphatic rings. The highest BCUT2D eigenvalue weighted by Crippen LogP contribution is 2.55. The van der Waals surface area contributed by atoms with Crippen LogP contribution in [0.1, 0.15) is 24.8 Å². The zero-order valence-corrected chi connectivity index (χ0v) is 11.9. The molecule has 0 aromatic heterocycles. The third-order valence-corrected chi connectivity index (χ3v) is 4.83. The molecule has 0 N–H and O–H groups in total. The fraction of sp³-hybridized carbons (Fsp3) is 0.529. The number of amides is 1. The number of likely N-dealkylation sites (tertiary alicyclic amines) is 1. The highest BCUT2D eigenvalue weighted by atomic mass is 16.5. The summed E-state index contributed by atoms with van der Waals surface area (Å²) in [5.74, 6) is 2.97. The Kier molecular flexibility index (Phi) is 2.88. The molecule has 3 fully saturated rings. The van der Waals surface area contributed by atoms with Gasteiger partial charge in [-0.1, -0.05) is 0 Å². The molecule has 1 heterocycles. The number of benzene rings is 1. The molecular formula is C17H18N2O2. The summed E-state index contributed by atoms with van der Waals surface area (Å²) in [6.45, 7) is 1.40. The van der Waals surface area contributed by atoms with Crippen LogP contribution >= 0.6 is 0 Å². The van der Waals surface area contributed by atoms with Crippen molar-refractivity contribution in [3.63, 3.8) is 0 Å². The Bertz CT molecular complexity index is 594. The summed E-state index contributed by atoms with van der Waals surface area (Å²) >= 11 is 0. The molecule has 108 valence electrons. The second-order valence-electron chi connectivity index (χ2n) is 6.46. The minimum atomic E-state index is 0.0972. The van der Waals surface area contributed by atoms with Gasteiger partial charge in [0.1, 0.15) is 11.9 Å². The molecule has 2 atom stereocenters. The van der Waals surface area contributed by atoms with Gasteiger partial charge in [0.05, 0.1) is 24.7 Å². The molecule has 4 nitrogen and oxygen atoms in total. The van der Waals surface area contributed by atoms with Crippen LogP contribution in [0.25, 0.3) is 0 Å². The quantitative estimate of drug-likeness (QED) is 0.850. The summed E-state index contributed by atoms with van der Waals surface area (Å²) in [4.78, 5) is 14.2. The molecule has 1 amide bonds. The van der Waals surface area contributed by atoms with Crippen LogP contribution in [-0.2, 0) is 4.79 Å². The first kappa shape index (κ1) is 12.7. The fourth-order valence-electron chi connectivity index (χ4n) is 3.27. The maximum absolute atomic E-state index is 12.2. The zero-order valence-electron chi connectivity index (χ0n) is 11.9. The van der Waals surface area contributed by atoms with Crippen LogP contribution in [0.5, 0.6) is 5.75 Å². The number of carbonyl (C=O) groups excluding carboxylic acids is 1. The van der Waals surface area contributed by atoms with E-state index in [-0.39, 0.29) is 6.10 Å². The summed E-state index contributed by atoms with van der Waals surface area (Å²) in [5.41, 5.74) is 0.632. The molecule has 1 aromatic carbocycles. The molecule has 1 saturated heterocycles. The van der Waals surface area contributed by atoms with Gasteiger partial charge >= 0.3 is 0 Å². The van der Waals surface area contributed by atoms with Gasteiger partial charge in [-0.2, -0.15) is 5.26 Å². The van der Waals surface area contributed by atoms with E-state index in [0.29, 0.717) is 36.4 Å². The van der Waals surface area contributed by atoms with Crippen LogP contribution in [0.4, 0.5) is 0 Å². The Labute approximate surface area is 124 Å². The second kappa shape index (κ2) is 4.77. The lowest BCUT2D eigenvalue weighted by Crippen LogP contribution is -2.56. The summed E-state index contributed by atoms with van der Waals surface area (Å²) in [5, 5.41) is 8.75. The van der Waals surface area contributed by atoms with Crippen molar-refractivity contribution in [2.24, 2.45) is 17.8 Å².